The van der Waals surface area contributed by atoms with Crippen LogP contribution < -0.4 is 5.73 Å². The molecule has 18 heavy (non-hydrogen) atoms. The highest BCUT2D eigenvalue weighted by molar-refractivity contribution is 7.98. The van der Waals surface area contributed by atoms with Gasteiger partial charge in [-0.05, 0) is 36.2 Å². The monoisotopic (exact) mass is 261 g/mol. The number of thioether (sulfide) groups is 1. The first kappa shape index (κ1) is 13.1. The second-order valence-electron chi connectivity index (χ2n) is 4.24. The van der Waals surface area contributed by atoms with Gasteiger partial charge < -0.3 is 5.73 Å². The minimum atomic E-state index is -0.160. The van der Waals surface area contributed by atoms with Gasteiger partial charge in [-0.15, -0.1) is 11.8 Å². The maximum absolute atomic E-state index is 13.6. The number of nitrogens with two attached hydrogens (primary N) is 1. The number of halogens is 1. The van der Waals surface area contributed by atoms with Crippen LogP contribution in [-0.4, -0.2) is 0 Å². The number of hydrogen-bond donors (Lipinski definition) is 1. The Labute approximate surface area is 111 Å². The van der Waals surface area contributed by atoms with Crippen molar-refractivity contribution in [3.63, 3.8) is 0 Å². The van der Waals surface area contributed by atoms with Gasteiger partial charge >= 0.3 is 0 Å². The van der Waals surface area contributed by atoms with Gasteiger partial charge in [-0.25, -0.2) is 4.39 Å². The first-order chi connectivity index (χ1) is 8.69. The molecule has 3 heteroatoms. The summed E-state index contributed by atoms with van der Waals surface area (Å²) in [5.74, 6) is 0.468. The zero-order valence-electron chi connectivity index (χ0n) is 10.3. The van der Waals surface area contributed by atoms with Crippen LogP contribution in [0.2, 0.25) is 0 Å². The summed E-state index contributed by atoms with van der Waals surface area (Å²) >= 11 is 1.64. The summed E-state index contributed by atoms with van der Waals surface area (Å²) < 4.78 is 13.6. The maximum Gasteiger partial charge on any atom is 0.127 e. The number of aryl methyl sites for hydroxylation is 1. The van der Waals surface area contributed by atoms with Crippen LogP contribution in [0.5, 0.6) is 0 Å². The van der Waals surface area contributed by atoms with Gasteiger partial charge in [-0.1, -0.05) is 29.8 Å². The second-order valence-corrected chi connectivity index (χ2v) is 5.28. The lowest BCUT2D eigenvalue weighted by Gasteiger charge is -2.06. The van der Waals surface area contributed by atoms with Crippen molar-refractivity contribution in [2.75, 3.05) is 0 Å². The third-order valence-corrected chi connectivity index (χ3v) is 3.77. The Bertz CT molecular complexity index is 540. The zero-order valence-corrected chi connectivity index (χ0v) is 11.1. The zero-order chi connectivity index (χ0) is 13.0. The molecule has 2 rings (SSSR count). The van der Waals surface area contributed by atoms with Crippen molar-refractivity contribution in [2.24, 2.45) is 5.73 Å². The highest BCUT2D eigenvalue weighted by Crippen LogP contribution is 2.25. The molecular formula is C15H16FNS. The van der Waals surface area contributed by atoms with E-state index < -0.39 is 0 Å². The molecule has 0 radical (unpaired) electrons. The lowest BCUT2D eigenvalue weighted by atomic mass is 10.1. The largest absolute Gasteiger partial charge is 0.326 e. The average Bonchev–Trinajstić information content (AvgIpc) is 2.38. The summed E-state index contributed by atoms with van der Waals surface area (Å²) in [6.45, 7) is 2.50. The van der Waals surface area contributed by atoms with Gasteiger partial charge in [-0.2, -0.15) is 0 Å². The molecule has 2 aromatic rings. The minimum absolute atomic E-state index is 0.160. The smallest absolute Gasteiger partial charge is 0.127 e. The van der Waals surface area contributed by atoms with Crippen molar-refractivity contribution in [1.29, 1.82) is 0 Å². The van der Waals surface area contributed by atoms with Crippen LogP contribution in [0.25, 0.3) is 0 Å². The first-order valence-corrected chi connectivity index (χ1v) is 6.84. The molecule has 0 aliphatic heterocycles. The quantitative estimate of drug-likeness (QED) is 0.845. The Morgan fingerprint density at radius 3 is 2.72 bits per heavy atom. The fourth-order valence-electron chi connectivity index (χ4n) is 1.73. The summed E-state index contributed by atoms with van der Waals surface area (Å²) in [6, 6.07) is 13.3. The molecule has 0 saturated heterocycles. The molecule has 2 aromatic carbocycles. The van der Waals surface area contributed by atoms with Gasteiger partial charge in [0.15, 0.2) is 0 Å². The van der Waals surface area contributed by atoms with E-state index in [-0.39, 0.29) is 5.82 Å². The molecular weight excluding hydrogens is 245 g/mol. The van der Waals surface area contributed by atoms with Crippen LogP contribution in [0.3, 0.4) is 0 Å². The van der Waals surface area contributed by atoms with Gasteiger partial charge in [0.05, 0.1) is 0 Å². The van der Waals surface area contributed by atoms with Crippen molar-refractivity contribution in [3.8, 4) is 0 Å². The van der Waals surface area contributed by atoms with Crippen LogP contribution >= 0.6 is 11.8 Å². The SMILES string of the molecule is Cc1cccc(SCc2cc(CN)ccc2F)c1. The number of hydrogen-bond acceptors (Lipinski definition) is 2. The lowest BCUT2D eigenvalue weighted by molar-refractivity contribution is 0.616. The molecule has 0 bridgehead atoms. The summed E-state index contributed by atoms with van der Waals surface area (Å²) in [7, 11) is 0. The number of rotatable bonds is 4. The fourth-order valence-corrected chi connectivity index (χ4v) is 2.72. The summed E-state index contributed by atoms with van der Waals surface area (Å²) in [5.41, 5.74) is 8.47. The van der Waals surface area contributed by atoms with Crippen molar-refractivity contribution < 1.29 is 4.39 Å². The van der Waals surface area contributed by atoms with Crippen molar-refractivity contribution in [2.45, 2.75) is 24.1 Å². The second kappa shape index (κ2) is 6.03. The van der Waals surface area contributed by atoms with E-state index in [9.17, 15) is 4.39 Å². The lowest BCUT2D eigenvalue weighted by Crippen LogP contribution is -1.98. The summed E-state index contributed by atoms with van der Waals surface area (Å²) in [6.07, 6.45) is 0. The third-order valence-electron chi connectivity index (χ3n) is 2.73. The molecule has 94 valence electrons. The highest BCUT2D eigenvalue weighted by Gasteiger charge is 2.04. The standard InChI is InChI=1S/C15H16FNS/c1-11-3-2-4-14(7-11)18-10-13-8-12(9-17)5-6-15(13)16/h2-8H,9-10,17H2,1H3. The molecule has 0 heterocycles. The molecule has 0 spiro atoms. The normalized spacial score (nSPS) is 10.6. The molecule has 0 atom stereocenters. The number of benzene rings is 2. The predicted octanol–water partition coefficient (Wildman–Crippen LogP) is 3.89. The molecule has 2 N–H and O–H groups in total. The summed E-state index contributed by atoms with van der Waals surface area (Å²) in [5, 5.41) is 0. The Balaban J connectivity index is 2.10. The van der Waals surface area contributed by atoms with E-state index in [1.54, 1.807) is 17.8 Å². The van der Waals surface area contributed by atoms with Gasteiger partial charge in [0, 0.05) is 17.2 Å². The van der Waals surface area contributed by atoms with Crippen LogP contribution in [0.4, 0.5) is 4.39 Å². The minimum Gasteiger partial charge on any atom is -0.326 e. The van der Waals surface area contributed by atoms with E-state index in [1.807, 2.05) is 18.2 Å². The average molecular weight is 261 g/mol. The van der Waals surface area contributed by atoms with Crippen molar-refractivity contribution in [3.05, 3.63) is 65.0 Å². The Kier molecular flexibility index (Phi) is 4.39. The molecule has 0 amide bonds. The Morgan fingerprint density at radius 2 is 2.00 bits per heavy atom. The first-order valence-electron chi connectivity index (χ1n) is 5.86. The topological polar surface area (TPSA) is 26.0 Å². The Morgan fingerprint density at radius 1 is 1.17 bits per heavy atom. The van der Waals surface area contributed by atoms with E-state index in [0.29, 0.717) is 17.9 Å². The summed E-state index contributed by atoms with van der Waals surface area (Å²) in [4.78, 5) is 1.16. The van der Waals surface area contributed by atoms with Gasteiger partial charge in [-0.3, -0.25) is 0 Å². The van der Waals surface area contributed by atoms with Gasteiger partial charge in [0.25, 0.3) is 0 Å². The van der Waals surface area contributed by atoms with E-state index in [1.165, 1.54) is 11.6 Å². The van der Waals surface area contributed by atoms with E-state index >= 15 is 0 Å². The molecule has 0 aromatic heterocycles. The molecule has 1 nitrogen and oxygen atoms in total. The van der Waals surface area contributed by atoms with Crippen LogP contribution in [0, 0.1) is 12.7 Å². The Hall–Kier alpha value is -1.32. The molecule has 0 fully saturated rings. The predicted molar refractivity (Wildman–Crippen MR) is 75.0 cm³/mol. The van der Waals surface area contributed by atoms with Gasteiger partial charge in [0.1, 0.15) is 5.82 Å². The molecule has 0 unspecified atom stereocenters. The van der Waals surface area contributed by atoms with Crippen molar-refractivity contribution >= 4 is 11.8 Å². The van der Waals surface area contributed by atoms with Crippen LogP contribution in [0.15, 0.2) is 47.4 Å². The van der Waals surface area contributed by atoms with Crippen LogP contribution in [0.1, 0.15) is 16.7 Å². The molecule has 0 saturated carbocycles. The molecule has 0 aliphatic rings. The fraction of sp³-hybridized carbons (Fsp3) is 0.200. The highest BCUT2D eigenvalue weighted by atomic mass is 32.2. The maximum atomic E-state index is 13.6. The van der Waals surface area contributed by atoms with E-state index in [0.717, 1.165) is 10.5 Å². The van der Waals surface area contributed by atoms with Crippen LogP contribution in [-0.2, 0) is 12.3 Å². The third kappa shape index (κ3) is 3.34. The van der Waals surface area contributed by atoms with E-state index in [2.05, 4.69) is 19.1 Å². The molecule has 0 aliphatic carbocycles. The van der Waals surface area contributed by atoms with Gasteiger partial charge in [0.2, 0.25) is 0 Å². The van der Waals surface area contributed by atoms with E-state index in [4.69, 9.17) is 5.73 Å². The van der Waals surface area contributed by atoms with Crippen molar-refractivity contribution in [1.82, 2.24) is 0 Å².